The van der Waals surface area contributed by atoms with Crippen LogP contribution in [0, 0.1) is 17.0 Å². The second-order valence-corrected chi connectivity index (χ2v) is 6.80. The zero-order chi connectivity index (χ0) is 23.0. The van der Waals surface area contributed by atoms with Gasteiger partial charge in [0, 0.05) is 28.8 Å². The van der Waals surface area contributed by atoms with Crippen LogP contribution < -0.4 is 15.4 Å². The Balaban J connectivity index is 1.78. The third-order valence-corrected chi connectivity index (χ3v) is 4.28. The number of carbonyl (C=O) groups excluding carboxylic acids is 3. The standard InChI is InChI=1S/C20H20ClN3O7/c1-12-3-5-14(10-16(12)24(28)29)22-19(26)11-31-20(27)8-7-18(25)23-15-9-13(21)4-6-17(15)30-2/h3-6,9-10H,7-8,11H2,1-2H3,(H,22,26)(H,23,25). The largest absolute Gasteiger partial charge is 0.495 e. The number of hydrogen-bond donors (Lipinski definition) is 2. The number of halogens is 1. The number of benzene rings is 2. The summed E-state index contributed by atoms with van der Waals surface area (Å²) in [6, 6.07) is 8.91. The van der Waals surface area contributed by atoms with Crippen molar-refractivity contribution >= 4 is 46.4 Å². The normalized spacial score (nSPS) is 10.2. The maximum absolute atomic E-state index is 12.0. The van der Waals surface area contributed by atoms with Gasteiger partial charge in [0.1, 0.15) is 5.75 Å². The van der Waals surface area contributed by atoms with Crippen molar-refractivity contribution in [3.63, 3.8) is 0 Å². The van der Waals surface area contributed by atoms with Gasteiger partial charge in [-0.3, -0.25) is 24.5 Å². The van der Waals surface area contributed by atoms with Crippen molar-refractivity contribution in [1.29, 1.82) is 0 Å². The number of nitrogens with zero attached hydrogens (tertiary/aromatic N) is 1. The van der Waals surface area contributed by atoms with Crippen LogP contribution in [0.4, 0.5) is 17.1 Å². The third-order valence-electron chi connectivity index (χ3n) is 4.05. The molecule has 0 heterocycles. The number of esters is 1. The lowest BCUT2D eigenvalue weighted by molar-refractivity contribution is -0.385. The van der Waals surface area contributed by atoms with E-state index < -0.39 is 29.3 Å². The number of amides is 2. The minimum absolute atomic E-state index is 0.142. The summed E-state index contributed by atoms with van der Waals surface area (Å²) in [5, 5.41) is 16.3. The molecule has 0 radical (unpaired) electrons. The van der Waals surface area contributed by atoms with Crippen LogP contribution in [0.15, 0.2) is 36.4 Å². The Morgan fingerprint density at radius 3 is 2.48 bits per heavy atom. The van der Waals surface area contributed by atoms with Crippen molar-refractivity contribution in [1.82, 2.24) is 0 Å². The predicted octanol–water partition coefficient (Wildman–Crippen LogP) is 3.47. The van der Waals surface area contributed by atoms with Gasteiger partial charge in [0.2, 0.25) is 5.91 Å². The maximum Gasteiger partial charge on any atom is 0.306 e. The number of anilines is 2. The van der Waals surface area contributed by atoms with Gasteiger partial charge in [-0.15, -0.1) is 0 Å². The van der Waals surface area contributed by atoms with Gasteiger partial charge in [0.25, 0.3) is 11.6 Å². The molecule has 2 aromatic rings. The third kappa shape index (κ3) is 7.27. The van der Waals surface area contributed by atoms with Crippen LogP contribution in [0.3, 0.4) is 0 Å². The average Bonchev–Trinajstić information content (AvgIpc) is 2.72. The lowest BCUT2D eigenvalue weighted by atomic mass is 10.2. The number of rotatable bonds is 9. The number of hydrogen-bond acceptors (Lipinski definition) is 7. The number of nitrogens with one attached hydrogen (secondary N) is 2. The predicted molar refractivity (Wildman–Crippen MR) is 113 cm³/mol. The van der Waals surface area contributed by atoms with E-state index in [4.69, 9.17) is 21.1 Å². The van der Waals surface area contributed by atoms with Crippen LogP contribution in [-0.4, -0.2) is 36.4 Å². The molecule has 2 rings (SSSR count). The Kier molecular flexibility index (Phi) is 8.33. The van der Waals surface area contributed by atoms with E-state index in [0.717, 1.165) is 0 Å². The van der Waals surface area contributed by atoms with Gasteiger partial charge in [-0.1, -0.05) is 17.7 Å². The van der Waals surface area contributed by atoms with Crippen LogP contribution in [0.5, 0.6) is 5.75 Å². The smallest absolute Gasteiger partial charge is 0.306 e. The van der Waals surface area contributed by atoms with E-state index in [1.54, 1.807) is 19.1 Å². The van der Waals surface area contributed by atoms with E-state index in [1.165, 1.54) is 31.4 Å². The van der Waals surface area contributed by atoms with Crippen LogP contribution >= 0.6 is 11.6 Å². The number of aryl methyl sites for hydroxylation is 1. The van der Waals surface area contributed by atoms with Crippen LogP contribution in [-0.2, 0) is 19.1 Å². The summed E-state index contributed by atoms with van der Waals surface area (Å²) in [6.45, 7) is 0.981. The fourth-order valence-corrected chi connectivity index (χ4v) is 2.68. The van der Waals surface area contributed by atoms with Gasteiger partial charge in [-0.25, -0.2) is 0 Å². The second kappa shape index (κ2) is 10.9. The molecule has 0 bridgehead atoms. The van der Waals surface area contributed by atoms with Crippen molar-refractivity contribution < 1.29 is 28.8 Å². The van der Waals surface area contributed by atoms with Crippen molar-refractivity contribution in [3.05, 3.63) is 57.1 Å². The summed E-state index contributed by atoms with van der Waals surface area (Å²) < 4.78 is 9.95. The Labute approximate surface area is 182 Å². The number of ether oxygens (including phenoxy) is 2. The molecule has 0 aliphatic carbocycles. The molecule has 0 spiro atoms. The molecule has 11 heteroatoms. The first-order chi connectivity index (χ1) is 14.7. The average molecular weight is 450 g/mol. The Morgan fingerprint density at radius 2 is 1.81 bits per heavy atom. The van der Waals surface area contributed by atoms with Gasteiger partial charge in [-0.05, 0) is 31.2 Å². The molecule has 0 aliphatic rings. The molecule has 0 unspecified atom stereocenters. The number of carbonyl (C=O) groups is 3. The first-order valence-corrected chi connectivity index (χ1v) is 9.41. The van der Waals surface area contributed by atoms with E-state index in [2.05, 4.69) is 10.6 Å². The highest BCUT2D eigenvalue weighted by Gasteiger charge is 2.15. The van der Waals surface area contributed by atoms with Gasteiger partial charge < -0.3 is 20.1 Å². The minimum atomic E-state index is -0.752. The number of nitro groups is 1. The molecule has 10 nitrogen and oxygen atoms in total. The first kappa shape index (κ1) is 23.6. The topological polar surface area (TPSA) is 137 Å². The molecule has 164 valence electrons. The van der Waals surface area contributed by atoms with Crippen molar-refractivity contribution in [2.45, 2.75) is 19.8 Å². The van der Waals surface area contributed by atoms with E-state index in [0.29, 0.717) is 22.0 Å². The van der Waals surface area contributed by atoms with Gasteiger partial charge >= 0.3 is 5.97 Å². The monoisotopic (exact) mass is 449 g/mol. The summed E-state index contributed by atoms with van der Waals surface area (Å²) in [7, 11) is 1.44. The molecule has 0 fully saturated rings. The molecule has 0 atom stereocenters. The molecular formula is C20H20ClN3O7. The van der Waals surface area contributed by atoms with Gasteiger partial charge in [0.15, 0.2) is 6.61 Å². The molecule has 31 heavy (non-hydrogen) atoms. The minimum Gasteiger partial charge on any atom is -0.495 e. The van der Waals surface area contributed by atoms with E-state index >= 15 is 0 Å². The van der Waals surface area contributed by atoms with Crippen LogP contribution in [0.2, 0.25) is 5.02 Å². The number of methoxy groups -OCH3 is 1. The highest BCUT2D eigenvalue weighted by Crippen LogP contribution is 2.27. The maximum atomic E-state index is 12.0. The van der Waals surface area contributed by atoms with E-state index in [1.807, 2.05) is 0 Å². The Hall–Kier alpha value is -3.66. The molecule has 0 aliphatic heterocycles. The van der Waals surface area contributed by atoms with E-state index in [9.17, 15) is 24.5 Å². The summed E-state index contributed by atoms with van der Waals surface area (Å²) in [5.41, 5.74) is 0.869. The van der Waals surface area contributed by atoms with Crippen LogP contribution in [0.25, 0.3) is 0 Å². The first-order valence-electron chi connectivity index (χ1n) is 9.03. The lowest BCUT2D eigenvalue weighted by Crippen LogP contribution is -2.22. The molecular weight excluding hydrogens is 430 g/mol. The highest BCUT2D eigenvalue weighted by atomic mass is 35.5. The Morgan fingerprint density at radius 1 is 1.06 bits per heavy atom. The SMILES string of the molecule is COc1ccc(Cl)cc1NC(=O)CCC(=O)OCC(=O)Nc1ccc(C)c([N+](=O)[O-])c1. The zero-order valence-electron chi connectivity index (χ0n) is 16.8. The fraction of sp³-hybridized carbons (Fsp3) is 0.250. The summed E-state index contributed by atoms with van der Waals surface area (Å²) in [5.74, 6) is -1.47. The molecule has 0 saturated carbocycles. The van der Waals surface area contributed by atoms with E-state index in [-0.39, 0.29) is 24.2 Å². The fourth-order valence-electron chi connectivity index (χ4n) is 2.51. The summed E-state index contributed by atoms with van der Waals surface area (Å²) in [4.78, 5) is 46.1. The van der Waals surface area contributed by atoms with Crippen molar-refractivity contribution in [2.24, 2.45) is 0 Å². The quantitative estimate of drug-likeness (QED) is 0.339. The summed E-state index contributed by atoms with van der Waals surface area (Å²) in [6.07, 6.45) is -0.432. The van der Waals surface area contributed by atoms with Gasteiger partial charge in [-0.2, -0.15) is 0 Å². The summed E-state index contributed by atoms with van der Waals surface area (Å²) >= 11 is 5.89. The van der Waals surface area contributed by atoms with Crippen LogP contribution in [0.1, 0.15) is 18.4 Å². The lowest BCUT2D eigenvalue weighted by Gasteiger charge is -2.10. The number of nitro benzene ring substituents is 1. The molecule has 2 amide bonds. The molecule has 0 saturated heterocycles. The zero-order valence-corrected chi connectivity index (χ0v) is 17.5. The molecule has 0 aromatic heterocycles. The van der Waals surface area contributed by atoms with Crippen molar-refractivity contribution in [3.8, 4) is 5.75 Å². The van der Waals surface area contributed by atoms with Crippen molar-refractivity contribution in [2.75, 3.05) is 24.4 Å². The Bertz CT molecular complexity index is 1010. The highest BCUT2D eigenvalue weighted by molar-refractivity contribution is 6.31. The second-order valence-electron chi connectivity index (χ2n) is 6.36. The molecule has 2 aromatic carbocycles. The molecule has 2 N–H and O–H groups in total. The van der Waals surface area contributed by atoms with Gasteiger partial charge in [0.05, 0.1) is 24.1 Å².